The fraction of sp³-hybridized carbons (Fsp3) is 0.0667. The Kier molecular flexibility index (Phi) is 6.11. The molecule has 0 atom stereocenters. The highest BCUT2D eigenvalue weighted by molar-refractivity contribution is 9.10. The number of halogens is 1. The summed E-state index contributed by atoms with van der Waals surface area (Å²) in [6.07, 6.45) is 0. The maximum atomic E-state index is 5.22. The number of rotatable bonds is 2. The van der Waals surface area contributed by atoms with Crippen molar-refractivity contribution < 1.29 is 0 Å². The van der Waals surface area contributed by atoms with Crippen LogP contribution in [0.2, 0.25) is 0 Å². The van der Waals surface area contributed by atoms with Gasteiger partial charge in [-0.2, -0.15) is 0 Å². The molecule has 4 N–H and O–H groups in total. The average Bonchev–Trinajstić information content (AvgIpc) is 2.48. The highest BCUT2D eigenvalue weighted by Gasteiger charge is 2.01. The second-order valence-electron chi connectivity index (χ2n) is 4.48. The van der Waals surface area contributed by atoms with E-state index in [1.165, 1.54) is 0 Å². The highest BCUT2D eigenvalue weighted by Crippen LogP contribution is 2.15. The van der Waals surface area contributed by atoms with Gasteiger partial charge in [-0.05, 0) is 61.2 Å². The number of hydrogen-bond donors (Lipinski definition) is 4. The van der Waals surface area contributed by atoms with E-state index >= 15 is 0 Å². The van der Waals surface area contributed by atoms with Gasteiger partial charge in [-0.3, -0.25) is 10.9 Å². The molecule has 0 unspecified atom stereocenters. The molecule has 114 valence electrons. The predicted octanol–water partition coefficient (Wildman–Crippen LogP) is 3.95. The molecule has 0 saturated carbocycles. The summed E-state index contributed by atoms with van der Waals surface area (Å²) in [6.45, 7) is 2.01. The molecule has 2 aromatic carbocycles. The Morgan fingerprint density at radius 1 is 0.909 bits per heavy atom. The monoisotopic (exact) mass is 394 g/mol. The minimum atomic E-state index is 0.423. The van der Waals surface area contributed by atoms with Crippen molar-refractivity contribution in [1.29, 1.82) is 0 Å². The maximum absolute atomic E-state index is 5.22. The van der Waals surface area contributed by atoms with E-state index in [2.05, 4.69) is 37.4 Å². The van der Waals surface area contributed by atoms with E-state index in [4.69, 9.17) is 24.4 Å². The van der Waals surface area contributed by atoms with Gasteiger partial charge in [0.25, 0.3) is 0 Å². The lowest BCUT2D eigenvalue weighted by atomic mass is 10.2. The molecule has 0 spiro atoms. The normalized spacial score (nSPS) is 9.73. The summed E-state index contributed by atoms with van der Waals surface area (Å²) in [4.78, 5) is 0. The third-order valence-electron chi connectivity index (χ3n) is 2.77. The van der Waals surface area contributed by atoms with E-state index in [-0.39, 0.29) is 0 Å². The molecular formula is C15H15BrN4S2. The van der Waals surface area contributed by atoms with Crippen molar-refractivity contribution >= 4 is 62.0 Å². The number of hydrazine groups is 1. The maximum Gasteiger partial charge on any atom is 0.189 e. The van der Waals surface area contributed by atoms with Crippen LogP contribution < -0.4 is 21.5 Å². The van der Waals surface area contributed by atoms with Crippen molar-refractivity contribution in [1.82, 2.24) is 10.9 Å². The number of nitrogens with one attached hydrogen (secondary N) is 4. The van der Waals surface area contributed by atoms with Gasteiger partial charge in [-0.25, -0.2) is 0 Å². The molecule has 0 bridgehead atoms. The molecule has 0 aliphatic heterocycles. The molecule has 0 amide bonds. The molecule has 0 radical (unpaired) electrons. The molecule has 4 nitrogen and oxygen atoms in total. The molecule has 0 aromatic heterocycles. The first kappa shape index (κ1) is 16.7. The molecule has 0 fully saturated rings. The van der Waals surface area contributed by atoms with E-state index in [9.17, 15) is 0 Å². The zero-order valence-corrected chi connectivity index (χ0v) is 15.0. The minimum absolute atomic E-state index is 0.423. The van der Waals surface area contributed by atoms with Crippen LogP contribution in [-0.4, -0.2) is 10.2 Å². The zero-order chi connectivity index (χ0) is 15.9. The van der Waals surface area contributed by atoms with E-state index in [0.717, 1.165) is 21.4 Å². The Morgan fingerprint density at radius 2 is 1.59 bits per heavy atom. The van der Waals surface area contributed by atoms with Crippen molar-refractivity contribution in [3.63, 3.8) is 0 Å². The van der Waals surface area contributed by atoms with Crippen LogP contribution in [0.25, 0.3) is 0 Å². The summed E-state index contributed by atoms with van der Waals surface area (Å²) in [5.41, 5.74) is 8.63. The van der Waals surface area contributed by atoms with Crippen LogP contribution in [0, 0.1) is 6.92 Å². The van der Waals surface area contributed by atoms with E-state index < -0.39 is 0 Å². The highest BCUT2D eigenvalue weighted by atomic mass is 79.9. The fourth-order valence-electron chi connectivity index (χ4n) is 1.71. The van der Waals surface area contributed by atoms with Crippen molar-refractivity contribution in [3.8, 4) is 0 Å². The first-order valence-corrected chi connectivity index (χ1v) is 8.11. The topological polar surface area (TPSA) is 48.1 Å². The summed E-state index contributed by atoms with van der Waals surface area (Å²) in [7, 11) is 0. The number of hydrogen-bond acceptors (Lipinski definition) is 2. The number of thiocarbonyl (C=S) groups is 2. The second kappa shape index (κ2) is 8.07. The van der Waals surface area contributed by atoms with Gasteiger partial charge in [0.15, 0.2) is 10.2 Å². The fourth-order valence-corrected chi connectivity index (χ4v) is 2.44. The second-order valence-corrected chi connectivity index (χ2v) is 6.22. The van der Waals surface area contributed by atoms with Gasteiger partial charge in [-0.1, -0.05) is 40.2 Å². The summed E-state index contributed by atoms with van der Waals surface area (Å²) in [6, 6.07) is 15.6. The van der Waals surface area contributed by atoms with Crippen molar-refractivity contribution in [2.24, 2.45) is 0 Å². The van der Waals surface area contributed by atoms with Crippen LogP contribution in [0.4, 0.5) is 11.4 Å². The van der Waals surface area contributed by atoms with Gasteiger partial charge in [0.2, 0.25) is 0 Å². The van der Waals surface area contributed by atoms with Crippen molar-refractivity contribution in [2.75, 3.05) is 10.6 Å². The molecule has 22 heavy (non-hydrogen) atoms. The molecule has 2 aromatic rings. The summed E-state index contributed by atoms with van der Waals surface area (Å²) in [5, 5.41) is 7.02. The molecule has 0 aliphatic rings. The van der Waals surface area contributed by atoms with Crippen LogP contribution in [0.5, 0.6) is 0 Å². The largest absolute Gasteiger partial charge is 0.331 e. The standard InChI is InChI=1S/C15H15BrN4S2/c1-10-5-2-3-8-13(10)18-15(22)20-19-14(21)17-12-7-4-6-11(16)9-12/h2-9H,1H3,(H2,17,19,21)(H2,18,20,22). The Balaban J connectivity index is 1.81. The minimum Gasteiger partial charge on any atom is -0.331 e. The predicted molar refractivity (Wildman–Crippen MR) is 104 cm³/mol. The lowest BCUT2D eigenvalue weighted by Gasteiger charge is -2.15. The number of aryl methyl sites for hydroxylation is 1. The first-order valence-electron chi connectivity index (χ1n) is 6.50. The third kappa shape index (κ3) is 5.25. The Hall–Kier alpha value is -1.70. The lowest BCUT2D eigenvalue weighted by Crippen LogP contribution is -2.45. The van der Waals surface area contributed by atoms with Gasteiger partial charge in [-0.15, -0.1) is 0 Å². The SMILES string of the molecule is Cc1ccccc1NC(=S)NNC(=S)Nc1cccc(Br)c1. The Labute approximate surface area is 148 Å². The lowest BCUT2D eigenvalue weighted by molar-refractivity contribution is 0.885. The van der Waals surface area contributed by atoms with Gasteiger partial charge >= 0.3 is 0 Å². The summed E-state index contributed by atoms with van der Waals surface area (Å²) < 4.78 is 0.977. The van der Waals surface area contributed by atoms with Gasteiger partial charge < -0.3 is 10.6 Å². The van der Waals surface area contributed by atoms with Crippen LogP contribution in [0.1, 0.15) is 5.56 Å². The first-order chi connectivity index (χ1) is 10.5. The van der Waals surface area contributed by atoms with Crippen molar-refractivity contribution in [2.45, 2.75) is 6.92 Å². The quantitative estimate of drug-likeness (QED) is 0.457. The van der Waals surface area contributed by atoms with Gasteiger partial charge in [0, 0.05) is 15.8 Å². The molecule has 0 aliphatic carbocycles. The molecule has 0 heterocycles. The van der Waals surface area contributed by atoms with Gasteiger partial charge in [0.1, 0.15) is 0 Å². The van der Waals surface area contributed by atoms with Crippen LogP contribution in [0.15, 0.2) is 53.0 Å². The summed E-state index contributed by atoms with van der Waals surface area (Å²) in [5.74, 6) is 0. The third-order valence-corrected chi connectivity index (χ3v) is 3.67. The van der Waals surface area contributed by atoms with Crippen LogP contribution >= 0.6 is 40.4 Å². The number of para-hydroxylation sites is 1. The smallest absolute Gasteiger partial charge is 0.189 e. The Morgan fingerprint density at radius 3 is 2.27 bits per heavy atom. The Bertz CT molecular complexity index is 691. The number of benzene rings is 2. The van der Waals surface area contributed by atoms with Gasteiger partial charge in [0.05, 0.1) is 0 Å². The molecule has 2 rings (SSSR count). The number of anilines is 2. The van der Waals surface area contributed by atoms with E-state index in [1.807, 2.05) is 55.5 Å². The zero-order valence-electron chi connectivity index (χ0n) is 11.8. The van der Waals surface area contributed by atoms with E-state index in [0.29, 0.717) is 10.2 Å². The van der Waals surface area contributed by atoms with E-state index in [1.54, 1.807) is 0 Å². The molecular weight excluding hydrogens is 380 g/mol. The molecule has 7 heteroatoms. The average molecular weight is 395 g/mol. The van der Waals surface area contributed by atoms with Crippen molar-refractivity contribution in [3.05, 3.63) is 58.6 Å². The molecule has 0 saturated heterocycles. The van der Waals surface area contributed by atoms with Crippen LogP contribution in [0.3, 0.4) is 0 Å². The summed E-state index contributed by atoms with van der Waals surface area (Å²) >= 11 is 13.8. The van der Waals surface area contributed by atoms with Crippen LogP contribution in [-0.2, 0) is 0 Å².